The highest BCUT2D eigenvalue weighted by Crippen LogP contribution is 2.43. The van der Waals surface area contributed by atoms with Gasteiger partial charge in [0.1, 0.15) is 0 Å². The molecule has 0 aliphatic carbocycles. The maximum Gasteiger partial charge on any atom is 0.238 e. The molecule has 5 rings (SSSR count). The minimum Gasteiger partial charge on any atom is -0.302 e. The van der Waals surface area contributed by atoms with E-state index in [0.717, 1.165) is 51.4 Å². The average molecular weight is 488 g/mol. The van der Waals surface area contributed by atoms with Crippen LogP contribution in [0.25, 0.3) is 11.4 Å². The second kappa shape index (κ2) is 10.4. The third kappa shape index (κ3) is 4.60. The lowest BCUT2D eigenvalue weighted by Crippen LogP contribution is -2.39. The van der Waals surface area contributed by atoms with Crippen LogP contribution in [0.15, 0.2) is 89.2 Å². The summed E-state index contributed by atoms with van der Waals surface area (Å²) in [6.07, 6.45) is 4.46. The molecule has 2 aromatic carbocycles. The minimum atomic E-state index is -0.00454. The normalized spacial score (nSPS) is 15.2. The molecule has 6 nitrogen and oxygen atoms in total. The molecule has 0 N–H and O–H groups in total. The van der Waals surface area contributed by atoms with Gasteiger partial charge in [0, 0.05) is 35.2 Å². The number of para-hydroxylation sites is 1. The maximum absolute atomic E-state index is 13.7. The second-order valence-electron chi connectivity index (χ2n) is 7.95. The summed E-state index contributed by atoms with van der Waals surface area (Å²) in [7, 11) is 0. The number of pyridine rings is 1. The summed E-state index contributed by atoms with van der Waals surface area (Å²) in [6.45, 7) is 2.92. The lowest BCUT2D eigenvalue weighted by molar-refractivity contribution is -0.116. The van der Waals surface area contributed by atoms with E-state index in [2.05, 4.69) is 44.9 Å². The lowest BCUT2D eigenvalue weighted by atomic mass is 10.1. The SMILES string of the molecule is CCCn1c(SCC(=O)N2c3ccccc3SC[C@H]2c2ccccc2)nnc1-c1ccncc1. The minimum absolute atomic E-state index is 0.00454. The van der Waals surface area contributed by atoms with Crippen LogP contribution in [0.4, 0.5) is 5.69 Å². The van der Waals surface area contributed by atoms with Gasteiger partial charge in [-0.05, 0) is 36.2 Å². The summed E-state index contributed by atoms with van der Waals surface area (Å²) in [6, 6.07) is 22.3. The quantitative estimate of drug-likeness (QED) is 0.311. The molecule has 0 spiro atoms. The standard InChI is InChI=1S/C26H25N5OS2/c1-2-16-30-25(20-12-14-27-15-13-20)28-29-26(30)34-18-24(32)31-21-10-6-7-11-23(21)33-17-22(31)19-8-4-3-5-9-19/h3-15,22H,2,16-18H2,1H3/t22-/m0/s1. The molecule has 34 heavy (non-hydrogen) atoms. The number of anilines is 1. The Hall–Kier alpha value is -3.10. The first kappa shape index (κ1) is 22.7. The van der Waals surface area contributed by atoms with Crippen LogP contribution >= 0.6 is 23.5 Å². The zero-order valence-electron chi connectivity index (χ0n) is 18.9. The van der Waals surface area contributed by atoms with E-state index in [1.54, 1.807) is 24.2 Å². The first-order chi connectivity index (χ1) is 16.8. The highest BCUT2D eigenvalue weighted by molar-refractivity contribution is 8.00. The molecule has 1 aliphatic rings. The molecule has 0 radical (unpaired) electrons. The molecule has 0 unspecified atom stereocenters. The van der Waals surface area contributed by atoms with E-state index < -0.39 is 0 Å². The Bertz CT molecular complexity index is 1260. The molecule has 0 saturated heterocycles. The fraction of sp³-hybridized carbons (Fsp3) is 0.231. The number of rotatable bonds is 7. The van der Waals surface area contributed by atoms with E-state index in [9.17, 15) is 4.79 Å². The number of carbonyl (C=O) groups excluding carboxylic acids is 1. The van der Waals surface area contributed by atoms with Crippen molar-refractivity contribution < 1.29 is 4.79 Å². The van der Waals surface area contributed by atoms with Crippen molar-refractivity contribution in [2.24, 2.45) is 0 Å². The van der Waals surface area contributed by atoms with Crippen molar-refractivity contribution in [3.63, 3.8) is 0 Å². The van der Waals surface area contributed by atoms with Gasteiger partial charge in [0.15, 0.2) is 11.0 Å². The fourth-order valence-corrected chi connectivity index (χ4v) is 6.14. The van der Waals surface area contributed by atoms with E-state index >= 15 is 0 Å². The Morgan fingerprint density at radius 3 is 2.59 bits per heavy atom. The zero-order valence-corrected chi connectivity index (χ0v) is 20.5. The van der Waals surface area contributed by atoms with Crippen LogP contribution < -0.4 is 4.90 Å². The van der Waals surface area contributed by atoms with Gasteiger partial charge in [-0.2, -0.15) is 0 Å². The first-order valence-electron chi connectivity index (χ1n) is 11.3. The highest BCUT2D eigenvalue weighted by atomic mass is 32.2. The molecule has 1 amide bonds. The summed E-state index contributed by atoms with van der Waals surface area (Å²) >= 11 is 3.26. The Kier molecular flexibility index (Phi) is 6.97. The van der Waals surface area contributed by atoms with E-state index in [0.29, 0.717) is 5.75 Å². The number of hydrogen-bond donors (Lipinski definition) is 0. The van der Waals surface area contributed by atoms with Gasteiger partial charge in [0.2, 0.25) is 5.91 Å². The molecule has 2 aromatic heterocycles. The Labute approximate surface area is 207 Å². The molecule has 172 valence electrons. The van der Waals surface area contributed by atoms with Crippen molar-refractivity contribution in [2.45, 2.75) is 36.0 Å². The number of carbonyl (C=O) groups is 1. The highest BCUT2D eigenvalue weighted by Gasteiger charge is 2.32. The van der Waals surface area contributed by atoms with Crippen LogP contribution in [0.1, 0.15) is 24.9 Å². The third-order valence-electron chi connectivity index (χ3n) is 5.71. The Morgan fingerprint density at radius 2 is 1.79 bits per heavy atom. The number of benzene rings is 2. The molecule has 4 aromatic rings. The number of fused-ring (bicyclic) bond motifs is 1. The zero-order chi connectivity index (χ0) is 23.3. The predicted molar refractivity (Wildman–Crippen MR) is 138 cm³/mol. The van der Waals surface area contributed by atoms with Crippen LogP contribution in [0.2, 0.25) is 0 Å². The molecule has 8 heteroatoms. The van der Waals surface area contributed by atoms with Gasteiger partial charge >= 0.3 is 0 Å². The molecule has 1 atom stereocenters. The van der Waals surface area contributed by atoms with Gasteiger partial charge in [0.25, 0.3) is 0 Å². The lowest BCUT2D eigenvalue weighted by Gasteiger charge is -2.37. The topological polar surface area (TPSA) is 63.9 Å². The van der Waals surface area contributed by atoms with Crippen molar-refractivity contribution >= 4 is 35.1 Å². The summed E-state index contributed by atoms with van der Waals surface area (Å²) < 4.78 is 2.10. The first-order valence-corrected chi connectivity index (χ1v) is 13.3. The van der Waals surface area contributed by atoms with E-state index in [1.807, 2.05) is 53.4 Å². The van der Waals surface area contributed by atoms with Gasteiger partial charge < -0.3 is 9.47 Å². The summed E-state index contributed by atoms with van der Waals surface area (Å²) in [5.41, 5.74) is 3.10. The summed E-state index contributed by atoms with van der Waals surface area (Å²) in [5, 5.41) is 9.62. The van der Waals surface area contributed by atoms with Crippen molar-refractivity contribution in [3.8, 4) is 11.4 Å². The van der Waals surface area contributed by atoms with Crippen LogP contribution in [0, 0.1) is 0 Å². The molecular formula is C26H25N5OS2. The number of amides is 1. The van der Waals surface area contributed by atoms with E-state index in [4.69, 9.17) is 0 Å². The summed E-state index contributed by atoms with van der Waals surface area (Å²) in [5.74, 6) is 2.00. The van der Waals surface area contributed by atoms with Crippen molar-refractivity contribution in [3.05, 3.63) is 84.7 Å². The van der Waals surface area contributed by atoms with Gasteiger partial charge in [-0.15, -0.1) is 22.0 Å². The molecule has 0 bridgehead atoms. The summed E-state index contributed by atoms with van der Waals surface area (Å²) in [4.78, 5) is 20.9. The largest absolute Gasteiger partial charge is 0.302 e. The van der Waals surface area contributed by atoms with Crippen LogP contribution in [-0.4, -0.2) is 37.2 Å². The number of hydrogen-bond acceptors (Lipinski definition) is 6. The van der Waals surface area contributed by atoms with Crippen LogP contribution in [0.5, 0.6) is 0 Å². The predicted octanol–water partition coefficient (Wildman–Crippen LogP) is 5.72. The molecular weight excluding hydrogens is 462 g/mol. The van der Waals surface area contributed by atoms with Gasteiger partial charge in [-0.3, -0.25) is 9.78 Å². The van der Waals surface area contributed by atoms with Crippen molar-refractivity contribution in [2.75, 3.05) is 16.4 Å². The van der Waals surface area contributed by atoms with Crippen molar-refractivity contribution in [1.82, 2.24) is 19.7 Å². The van der Waals surface area contributed by atoms with Gasteiger partial charge in [-0.1, -0.05) is 61.2 Å². The number of aromatic nitrogens is 4. The van der Waals surface area contributed by atoms with Crippen LogP contribution in [0.3, 0.4) is 0 Å². The number of thioether (sulfide) groups is 2. The van der Waals surface area contributed by atoms with E-state index in [1.165, 1.54) is 11.8 Å². The maximum atomic E-state index is 13.7. The van der Waals surface area contributed by atoms with E-state index in [-0.39, 0.29) is 11.9 Å². The Morgan fingerprint density at radius 1 is 1.03 bits per heavy atom. The Balaban J connectivity index is 1.41. The average Bonchev–Trinajstić information content (AvgIpc) is 3.30. The van der Waals surface area contributed by atoms with Gasteiger partial charge in [0.05, 0.1) is 17.5 Å². The molecule has 0 fully saturated rings. The van der Waals surface area contributed by atoms with Gasteiger partial charge in [-0.25, -0.2) is 0 Å². The molecule has 1 aliphatic heterocycles. The third-order valence-corrected chi connectivity index (χ3v) is 7.80. The smallest absolute Gasteiger partial charge is 0.238 e. The fourth-order valence-electron chi connectivity index (χ4n) is 4.15. The van der Waals surface area contributed by atoms with Crippen molar-refractivity contribution in [1.29, 1.82) is 0 Å². The number of nitrogens with zero attached hydrogens (tertiary/aromatic N) is 5. The second-order valence-corrected chi connectivity index (χ2v) is 9.96. The molecule has 3 heterocycles. The van der Waals surface area contributed by atoms with Crippen LogP contribution in [-0.2, 0) is 11.3 Å². The monoisotopic (exact) mass is 487 g/mol. The molecule has 0 saturated carbocycles.